The number of β-amino-alcohol motifs (C(OH)–C–C–N with tert-alkyl or cyclic N) is 1. The van der Waals surface area contributed by atoms with Crippen LogP contribution in [0.5, 0.6) is 0 Å². The van der Waals surface area contributed by atoms with Gasteiger partial charge in [0.05, 0.1) is 6.10 Å². The fourth-order valence-electron chi connectivity index (χ4n) is 0.906. The van der Waals surface area contributed by atoms with Gasteiger partial charge in [0.25, 0.3) is 0 Å². The summed E-state index contributed by atoms with van der Waals surface area (Å²) in [6.07, 6.45) is -0.333. The largest absolute Gasteiger partial charge is 0.396 e. The zero-order valence-electron chi connectivity index (χ0n) is 5.08. The van der Waals surface area contributed by atoms with Gasteiger partial charge in [-0.3, -0.25) is 0 Å². The van der Waals surface area contributed by atoms with Gasteiger partial charge in [0.1, 0.15) is 0 Å². The first-order valence-corrected chi connectivity index (χ1v) is 2.84. The van der Waals surface area contributed by atoms with Crippen LogP contribution in [0.4, 0.5) is 0 Å². The maximum atomic E-state index is 8.97. The van der Waals surface area contributed by atoms with E-state index in [4.69, 9.17) is 10.2 Å². The van der Waals surface area contributed by atoms with Crippen LogP contribution in [0.3, 0.4) is 0 Å². The molecule has 3 N–H and O–H groups in total. The van der Waals surface area contributed by atoms with E-state index in [-0.39, 0.29) is 31.0 Å². The number of aliphatic hydroxyl groups is 2. The van der Waals surface area contributed by atoms with Crippen LogP contribution >= 0.6 is 12.4 Å². The van der Waals surface area contributed by atoms with Gasteiger partial charge in [-0.25, -0.2) is 0 Å². The van der Waals surface area contributed by atoms with Crippen molar-refractivity contribution in [2.24, 2.45) is 5.92 Å². The van der Waals surface area contributed by atoms with Crippen LogP contribution in [0, 0.1) is 5.92 Å². The van der Waals surface area contributed by atoms with Crippen molar-refractivity contribution in [3.8, 4) is 0 Å². The molecule has 1 fully saturated rings. The first-order chi connectivity index (χ1) is 3.84. The molecule has 4 heteroatoms. The van der Waals surface area contributed by atoms with Crippen LogP contribution < -0.4 is 5.32 Å². The van der Waals surface area contributed by atoms with Gasteiger partial charge >= 0.3 is 0 Å². The molecular weight excluding hydrogens is 142 g/mol. The van der Waals surface area contributed by atoms with Gasteiger partial charge in [-0.1, -0.05) is 0 Å². The SMILES string of the molecule is Cl.OC[C@@H]1CNC[C@H]1O. The molecule has 0 saturated carbocycles. The van der Waals surface area contributed by atoms with Crippen LogP contribution in [0.2, 0.25) is 0 Å². The van der Waals surface area contributed by atoms with Crippen LogP contribution in [0.15, 0.2) is 0 Å². The van der Waals surface area contributed by atoms with Crippen molar-refractivity contribution in [2.75, 3.05) is 19.7 Å². The lowest BCUT2D eigenvalue weighted by Crippen LogP contribution is -2.20. The molecule has 1 rings (SSSR count). The van der Waals surface area contributed by atoms with Crippen molar-refractivity contribution >= 4 is 12.4 Å². The van der Waals surface area contributed by atoms with Crippen molar-refractivity contribution in [3.63, 3.8) is 0 Å². The summed E-state index contributed by atoms with van der Waals surface area (Å²) in [5.41, 5.74) is 0. The Hall–Kier alpha value is 0.170. The van der Waals surface area contributed by atoms with Gasteiger partial charge in [-0.15, -0.1) is 12.4 Å². The van der Waals surface area contributed by atoms with Gasteiger partial charge < -0.3 is 15.5 Å². The molecule has 0 spiro atoms. The molecule has 9 heavy (non-hydrogen) atoms. The van der Waals surface area contributed by atoms with E-state index in [2.05, 4.69) is 5.32 Å². The summed E-state index contributed by atoms with van der Waals surface area (Å²) in [5, 5.41) is 20.5. The van der Waals surface area contributed by atoms with Crippen LogP contribution in [-0.2, 0) is 0 Å². The highest BCUT2D eigenvalue weighted by Gasteiger charge is 2.23. The Labute approximate surface area is 60.5 Å². The van der Waals surface area contributed by atoms with E-state index in [1.54, 1.807) is 0 Å². The molecule has 2 atom stereocenters. The highest BCUT2D eigenvalue weighted by atomic mass is 35.5. The monoisotopic (exact) mass is 153 g/mol. The highest BCUT2D eigenvalue weighted by Crippen LogP contribution is 2.05. The second-order valence-electron chi connectivity index (χ2n) is 2.17. The smallest absolute Gasteiger partial charge is 0.0726 e. The van der Waals surface area contributed by atoms with Crippen LogP contribution in [-0.4, -0.2) is 36.0 Å². The minimum atomic E-state index is -0.333. The van der Waals surface area contributed by atoms with Gasteiger partial charge in [0.2, 0.25) is 0 Å². The Morgan fingerprint density at radius 2 is 2.11 bits per heavy atom. The normalized spacial score (nSPS) is 34.0. The Kier molecular flexibility index (Phi) is 4.14. The molecule has 1 aliphatic rings. The summed E-state index contributed by atoms with van der Waals surface area (Å²) in [6.45, 7) is 1.47. The average molecular weight is 154 g/mol. The molecule has 1 aliphatic heterocycles. The third kappa shape index (κ3) is 2.10. The van der Waals surface area contributed by atoms with E-state index in [1.807, 2.05) is 0 Å². The summed E-state index contributed by atoms with van der Waals surface area (Å²) >= 11 is 0. The van der Waals surface area contributed by atoms with E-state index in [0.717, 1.165) is 6.54 Å². The number of halogens is 1. The van der Waals surface area contributed by atoms with E-state index in [9.17, 15) is 0 Å². The average Bonchev–Trinajstić information content (AvgIpc) is 2.14. The zero-order chi connectivity index (χ0) is 5.98. The molecule has 0 bridgehead atoms. The van der Waals surface area contributed by atoms with Gasteiger partial charge in [0, 0.05) is 25.6 Å². The quantitative estimate of drug-likeness (QED) is 0.452. The molecule has 56 valence electrons. The molecule has 0 aromatic rings. The second kappa shape index (κ2) is 4.06. The number of aliphatic hydroxyl groups excluding tert-OH is 2. The number of nitrogens with one attached hydrogen (secondary N) is 1. The Balaban J connectivity index is 0.000000640. The lowest BCUT2D eigenvalue weighted by molar-refractivity contribution is 0.104. The lowest BCUT2D eigenvalue weighted by atomic mass is 10.1. The molecule has 1 saturated heterocycles. The fraction of sp³-hybridized carbons (Fsp3) is 1.00. The maximum Gasteiger partial charge on any atom is 0.0726 e. The van der Waals surface area contributed by atoms with Gasteiger partial charge in [-0.05, 0) is 0 Å². The maximum absolute atomic E-state index is 8.97. The Bertz CT molecular complexity index is 81.4. The predicted molar refractivity (Wildman–Crippen MR) is 36.7 cm³/mol. The number of hydrogen-bond donors (Lipinski definition) is 3. The fourth-order valence-corrected chi connectivity index (χ4v) is 0.906. The van der Waals surface area contributed by atoms with Crippen molar-refractivity contribution in [1.82, 2.24) is 5.32 Å². The molecule has 0 amide bonds. The predicted octanol–water partition coefficient (Wildman–Crippen LogP) is -1.02. The Morgan fingerprint density at radius 3 is 2.33 bits per heavy atom. The molecular formula is C5H12ClNO2. The molecule has 0 aromatic carbocycles. The van der Waals surface area contributed by atoms with Crippen molar-refractivity contribution in [1.29, 1.82) is 0 Å². The summed E-state index contributed by atoms with van der Waals surface area (Å²) in [6, 6.07) is 0. The standard InChI is InChI=1S/C5H11NO2.ClH/c7-3-4-1-6-2-5(4)8;/h4-8H,1-3H2;1H/t4-,5+;/m0./s1. The van der Waals surface area contributed by atoms with Gasteiger partial charge in [-0.2, -0.15) is 0 Å². The van der Waals surface area contributed by atoms with E-state index < -0.39 is 0 Å². The van der Waals surface area contributed by atoms with Crippen LogP contribution in [0.1, 0.15) is 0 Å². The summed E-state index contributed by atoms with van der Waals surface area (Å²) in [7, 11) is 0. The number of rotatable bonds is 1. The van der Waals surface area contributed by atoms with Crippen molar-refractivity contribution < 1.29 is 10.2 Å². The minimum Gasteiger partial charge on any atom is -0.396 e. The van der Waals surface area contributed by atoms with E-state index in [1.165, 1.54) is 0 Å². The topological polar surface area (TPSA) is 52.5 Å². The van der Waals surface area contributed by atoms with E-state index in [0.29, 0.717) is 6.54 Å². The molecule has 1 heterocycles. The summed E-state index contributed by atoms with van der Waals surface area (Å²) < 4.78 is 0. The van der Waals surface area contributed by atoms with Crippen LogP contribution in [0.25, 0.3) is 0 Å². The first-order valence-electron chi connectivity index (χ1n) is 2.84. The highest BCUT2D eigenvalue weighted by molar-refractivity contribution is 5.85. The first kappa shape index (κ1) is 9.17. The van der Waals surface area contributed by atoms with Crippen molar-refractivity contribution in [2.45, 2.75) is 6.10 Å². The summed E-state index contributed by atoms with van der Waals surface area (Å²) in [5.74, 6) is 0.0648. The molecule has 0 radical (unpaired) electrons. The molecule has 0 aromatic heterocycles. The Morgan fingerprint density at radius 1 is 1.44 bits per heavy atom. The third-order valence-electron chi connectivity index (χ3n) is 1.54. The second-order valence-corrected chi connectivity index (χ2v) is 2.17. The zero-order valence-corrected chi connectivity index (χ0v) is 5.90. The lowest BCUT2D eigenvalue weighted by Gasteiger charge is -2.06. The third-order valence-corrected chi connectivity index (χ3v) is 1.54. The van der Waals surface area contributed by atoms with E-state index >= 15 is 0 Å². The minimum absolute atomic E-state index is 0. The van der Waals surface area contributed by atoms with Crippen molar-refractivity contribution in [3.05, 3.63) is 0 Å². The molecule has 0 unspecified atom stereocenters. The van der Waals surface area contributed by atoms with Gasteiger partial charge in [0.15, 0.2) is 0 Å². The number of hydrogen-bond acceptors (Lipinski definition) is 3. The molecule has 0 aliphatic carbocycles. The molecule has 3 nitrogen and oxygen atoms in total. The summed E-state index contributed by atoms with van der Waals surface area (Å²) in [4.78, 5) is 0.